The van der Waals surface area contributed by atoms with E-state index in [-0.39, 0.29) is 18.0 Å². The largest absolute Gasteiger partial charge is 0.466 e. The van der Waals surface area contributed by atoms with Crippen molar-refractivity contribution in [1.29, 1.82) is 0 Å². The van der Waals surface area contributed by atoms with Crippen LogP contribution in [0.25, 0.3) is 6.08 Å². The molecule has 8 heteroatoms. The number of halogens is 1. The van der Waals surface area contributed by atoms with Crippen LogP contribution in [0.1, 0.15) is 31.0 Å². The van der Waals surface area contributed by atoms with Gasteiger partial charge in [-0.3, -0.25) is 14.2 Å². The predicted molar refractivity (Wildman–Crippen MR) is 113 cm³/mol. The summed E-state index contributed by atoms with van der Waals surface area (Å²) in [4.78, 5) is 31.5. The van der Waals surface area contributed by atoms with Crippen molar-refractivity contribution in [2.75, 3.05) is 6.61 Å². The summed E-state index contributed by atoms with van der Waals surface area (Å²) in [5.74, 6) is -1.08. The number of thiazole rings is 1. The highest BCUT2D eigenvalue weighted by Crippen LogP contribution is 2.47. The van der Waals surface area contributed by atoms with Crippen molar-refractivity contribution in [1.82, 2.24) is 4.57 Å². The smallest absolute Gasteiger partial charge is 0.317 e. The highest BCUT2D eigenvalue weighted by molar-refractivity contribution is 7.07. The van der Waals surface area contributed by atoms with Crippen LogP contribution in [0.4, 0.5) is 4.39 Å². The third-order valence-corrected chi connectivity index (χ3v) is 6.55. The number of carbonyl (C=O) groups excluding carboxylic acids is 1. The molecule has 0 fully saturated rings. The quantitative estimate of drug-likeness (QED) is 0.589. The fourth-order valence-electron chi connectivity index (χ4n) is 4.28. The molecular weight excluding hydrogens is 419 g/mol. The second kappa shape index (κ2) is 7.16. The highest BCUT2D eigenvalue weighted by atomic mass is 32.1. The Morgan fingerprint density at radius 1 is 1.32 bits per heavy atom. The van der Waals surface area contributed by atoms with E-state index in [9.17, 15) is 14.0 Å². The van der Waals surface area contributed by atoms with Crippen LogP contribution in [-0.2, 0) is 9.53 Å². The number of fused-ring (bicyclic) bond motifs is 6. The van der Waals surface area contributed by atoms with Gasteiger partial charge in [-0.1, -0.05) is 41.7 Å². The average Bonchev–Trinajstić information content (AvgIpc) is 3.01. The minimum Gasteiger partial charge on any atom is -0.466 e. The molecular formula is C23H19FN2O4S. The number of carbonyl (C=O) groups is 1. The van der Waals surface area contributed by atoms with Gasteiger partial charge in [0.2, 0.25) is 5.72 Å². The molecule has 2 bridgehead atoms. The van der Waals surface area contributed by atoms with Gasteiger partial charge in [-0.2, -0.15) is 0 Å². The third-order valence-electron chi connectivity index (χ3n) is 5.57. The van der Waals surface area contributed by atoms with Crippen LogP contribution in [0.3, 0.4) is 0 Å². The Bertz CT molecular complexity index is 1380. The van der Waals surface area contributed by atoms with Crippen LogP contribution in [0.15, 0.2) is 58.3 Å². The predicted octanol–water partition coefficient (Wildman–Crippen LogP) is 2.39. The van der Waals surface area contributed by atoms with Crippen LogP contribution >= 0.6 is 11.3 Å². The first-order chi connectivity index (χ1) is 14.9. The normalized spacial score (nSPS) is 23.9. The maximum Gasteiger partial charge on any atom is 0.317 e. The van der Waals surface area contributed by atoms with E-state index >= 15 is 0 Å². The first kappa shape index (κ1) is 19.7. The lowest BCUT2D eigenvalue weighted by molar-refractivity contribution is -0.160. The van der Waals surface area contributed by atoms with Crippen molar-refractivity contribution >= 4 is 23.4 Å². The number of ether oxygens (including phenoxy) is 2. The van der Waals surface area contributed by atoms with Gasteiger partial charge in [0, 0.05) is 5.56 Å². The summed E-state index contributed by atoms with van der Waals surface area (Å²) in [7, 11) is 0. The molecule has 6 nitrogen and oxygen atoms in total. The zero-order valence-corrected chi connectivity index (χ0v) is 17.7. The number of rotatable bonds is 3. The van der Waals surface area contributed by atoms with Gasteiger partial charge >= 0.3 is 5.97 Å². The van der Waals surface area contributed by atoms with Gasteiger partial charge in [0.25, 0.3) is 5.56 Å². The number of nitrogens with zero attached hydrogens (tertiary/aromatic N) is 2. The van der Waals surface area contributed by atoms with Crippen molar-refractivity contribution in [3.8, 4) is 5.75 Å². The van der Waals surface area contributed by atoms with Gasteiger partial charge in [0.05, 0.1) is 17.2 Å². The average molecular weight is 438 g/mol. The molecule has 0 radical (unpaired) electrons. The van der Waals surface area contributed by atoms with Crippen LogP contribution < -0.4 is 19.6 Å². The Hall–Kier alpha value is -3.26. The first-order valence-corrected chi connectivity index (χ1v) is 10.8. The second-order valence-electron chi connectivity index (χ2n) is 7.60. The summed E-state index contributed by atoms with van der Waals surface area (Å²) < 4.78 is 27.1. The van der Waals surface area contributed by atoms with Gasteiger partial charge in [0.1, 0.15) is 17.5 Å². The number of aromatic nitrogens is 1. The molecule has 2 aliphatic rings. The first-order valence-electron chi connectivity index (χ1n) is 9.94. The fraction of sp³-hybridized carbons (Fsp3) is 0.261. The molecule has 3 aromatic rings. The molecule has 31 heavy (non-hydrogen) atoms. The summed E-state index contributed by atoms with van der Waals surface area (Å²) in [6.07, 6.45) is 1.63. The Morgan fingerprint density at radius 2 is 2.13 bits per heavy atom. The molecule has 3 atom stereocenters. The van der Waals surface area contributed by atoms with E-state index in [0.717, 1.165) is 5.56 Å². The minimum absolute atomic E-state index is 0.212. The van der Waals surface area contributed by atoms with Crippen LogP contribution in [0.2, 0.25) is 0 Å². The SMILES string of the molecule is CCOC(=O)C1C2c3ccccc3O[C@]1(C)N=c1s/c(=C/c3cccc(F)c3)c(=O)n12. The summed E-state index contributed by atoms with van der Waals surface area (Å²) >= 11 is 1.19. The zero-order chi connectivity index (χ0) is 21.8. The van der Waals surface area contributed by atoms with E-state index in [1.807, 2.05) is 18.2 Å². The molecule has 0 amide bonds. The highest BCUT2D eigenvalue weighted by Gasteiger charge is 2.55. The van der Waals surface area contributed by atoms with Crippen LogP contribution in [0.5, 0.6) is 5.75 Å². The van der Waals surface area contributed by atoms with Crippen molar-refractivity contribution in [2.45, 2.75) is 25.6 Å². The van der Waals surface area contributed by atoms with Gasteiger partial charge in [-0.05, 0) is 43.7 Å². The lowest BCUT2D eigenvalue weighted by atomic mass is 9.81. The van der Waals surface area contributed by atoms with E-state index < -0.39 is 23.7 Å². The summed E-state index contributed by atoms with van der Waals surface area (Å²) in [5, 5.41) is 0. The Balaban J connectivity index is 1.78. The van der Waals surface area contributed by atoms with E-state index in [0.29, 0.717) is 20.6 Å². The number of para-hydroxylation sites is 1. The van der Waals surface area contributed by atoms with Crippen LogP contribution in [0, 0.1) is 11.7 Å². The van der Waals surface area contributed by atoms with E-state index in [1.54, 1.807) is 42.7 Å². The Labute approximate surface area is 180 Å². The van der Waals surface area contributed by atoms with E-state index in [4.69, 9.17) is 9.47 Å². The third kappa shape index (κ3) is 3.09. The number of esters is 1. The monoisotopic (exact) mass is 438 g/mol. The maximum atomic E-state index is 13.6. The van der Waals surface area contributed by atoms with E-state index in [2.05, 4.69) is 4.99 Å². The van der Waals surface area contributed by atoms with Gasteiger partial charge in [-0.15, -0.1) is 0 Å². The van der Waals surface area contributed by atoms with Crippen molar-refractivity contribution < 1.29 is 18.7 Å². The molecule has 0 aliphatic carbocycles. The standard InChI is InChI=1S/C23H19FN2O4S/c1-3-29-21(28)18-19-15-9-4-5-10-16(15)30-23(18,2)25-22-26(19)20(27)17(31-22)12-13-7-6-8-14(24)11-13/h4-12,18-19H,3H2,1-2H3/b17-12+/t18?,19?,23-/m0/s1. The van der Waals surface area contributed by atoms with Crippen molar-refractivity contribution in [3.63, 3.8) is 0 Å². The topological polar surface area (TPSA) is 69.9 Å². The molecule has 0 N–H and O–H groups in total. The van der Waals surface area contributed by atoms with Crippen molar-refractivity contribution in [2.24, 2.45) is 10.9 Å². The Morgan fingerprint density at radius 3 is 2.90 bits per heavy atom. The number of benzene rings is 2. The Kier molecular flexibility index (Phi) is 4.55. The molecule has 0 spiro atoms. The summed E-state index contributed by atoms with van der Waals surface area (Å²) in [5.41, 5.74) is -0.194. The molecule has 2 aliphatic heterocycles. The molecule has 1 aromatic heterocycles. The lowest BCUT2D eigenvalue weighted by Gasteiger charge is -2.44. The molecule has 2 unspecified atom stereocenters. The number of hydrogen-bond acceptors (Lipinski definition) is 6. The van der Waals surface area contributed by atoms with Crippen LogP contribution in [-0.4, -0.2) is 22.9 Å². The zero-order valence-electron chi connectivity index (χ0n) is 16.9. The molecule has 158 valence electrons. The van der Waals surface area contributed by atoms with Crippen molar-refractivity contribution in [3.05, 3.63) is 85.2 Å². The van der Waals surface area contributed by atoms with Gasteiger partial charge < -0.3 is 9.47 Å². The van der Waals surface area contributed by atoms with Gasteiger partial charge in [-0.25, -0.2) is 9.38 Å². The maximum absolute atomic E-state index is 13.6. The minimum atomic E-state index is -1.21. The van der Waals surface area contributed by atoms with E-state index in [1.165, 1.54) is 23.5 Å². The summed E-state index contributed by atoms with van der Waals surface area (Å²) in [6.45, 7) is 3.68. The number of hydrogen-bond donors (Lipinski definition) is 0. The molecule has 2 aromatic carbocycles. The fourth-order valence-corrected chi connectivity index (χ4v) is 5.38. The van der Waals surface area contributed by atoms with Gasteiger partial charge in [0.15, 0.2) is 4.80 Å². The molecule has 3 heterocycles. The lowest BCUT2D eigenvalue weighted by Crippen LogP contribution is -2.58. The second-order valence-corrected chi connectivity index (χ2v) is 8.61. The molecule has 0 saturated carbocycles. The molecule has 0 saturated heterocycles. The summed E-state index contributed by atoms with van der Waals surface area (Å²) in [6, 6.07) is 12.7. The molecule has 5 rings (SSSR count).